The van der Waals surface area contributed by atoms with Crippen LogP contribution < -0.4 is 5.32 Å². The molecular weight excluding hydrogens is 390 g/mol. The number of halogens is 1. The van der Waals surface area contributed by atoms with Crippen LogP contribution in [0.1, 0.15) is 21.8 Å². The highest BCUT2D eigenvalue weighted by Crippen LogP contribution is 2.16. The average molecular weight is 406 g/mol. The van der Waals surface area contributed by atoms with E-state index in [-0.39, 0.29) is 30.5 Å². The van der Waals surface area contributed by atoms with Gasteiger partial charge in [0, 0.05) is 13.0 Å². The third kappa shape index (κ3) is 4.93. The Hall–Kier alpha value is -2.71. The molecule has 1 heterocycles. The molecule has 27 heavy (non-hydrogen) atoms. The third-order valence-electron chi connectivity index (χ3n) is 3.66. The SMILES string of the molecule is O=C(NCCc1nnc(S(=O)(=O)Cc2ccccc2)o1)c1ccccc1Cl. The largest absolute Gasteiger partial charge is 0.412 e. The number of rotatable bonds is 7. The summed E-state index contributed by atoms with van der Waals surface area (Å²) in [5.74, 6) is -0.434. The Bertz CT molecular complexity index is 1040. The van der Waals surface area contributed by atoms with E-state index in [0.717, 1.165) is 0 Å². The second-order valence-electron chi connectivity index (χ2n) is 5.69. The van der Waals surface area contributed by atoms with Crippen LogP contribution in [-0.4, -0.2) is 31.1 Å². The molecule has 0 saturated heterocycles. The van der Waals surface area contributed by atoms with E-state index in [2.05, 4.69) is 15.5 Å². The van der Waals surface area contributed by atoms with Gasteiger partial charge < -0.3 is 9.73 Å². The normalized spacial score (nSPS) is 11.3. The van der Waals surface area contributed by atoms with Gasteiger partial charge in [-0.15, -0.1) is 5.10 Å². The lowest BCUT2D eigenvalue weighted by Crippen LogP contribution is -2.26. The number of hydrogen-bond acceptors (Lipinski definition) is 6. The molecule has 3 rings (SSSR count). The molecule has 1 N–H and O–H groups in total. The van der Waals surface area contributed by atoms with Crippen molar-refractivity contribution in [1.82, 2.24) is 15.5 Å². The zero-order valence-electron chi connectivity index (χ0n) is 14.1. The molecule has 0 unspecified atom stereocenters. The molecule has 0 spiro atoms. The topological polar surface area (TPSA) is 102 Å². The van der Waals surface area contributed by atoms with Gasteiger partial charge in [0.05, 0.1) is 16.3 Å². The summed E-state index contributed by atoms with van der Waals surface area (Å²) in [5.41, 5.74) is 0.986. The zero-order valence-corrected chi connectivity index (χ0v) is 15.7. The van der Waals surface area contributed by atoms with Crippen molar-refractivity contribution in [3.63, 3.8) is 0 Å². The minimum Gasteiger partial charge on any atom is -0.412 e. The van der Waals surface area contributed by atoms with Gasteiger partial charge in [-0.05, 0) is 17.7 Å². The van der Waals surface area contributed by atoms with Gasteiger partial charge in [-0.2, -0.15) is 0 Å². The average Bonchev–Trinajstić information content (AvgIpc) is 3.12. The number of sulfone groups is 1. The molecule has 0 atom stereocenters. The van der Waals surface area contributed by atoms with Gasteiger partial charge in [0.1, 0.15) is 0 Å². The molecule has 0 aliphatic heterocycles. The van der Waals surface area contributed by atoms with Gasteiger partial charge in [0.15, 0.2) is 0 Å². The van der Waals surface area contributed by atoms with Crippen LogP contribution in [0.25, 0.3) is 0 Å². The molecule has 7 nitrogen and oxygen atoms in total. The number of amides is 1. The fraction of sp³-hybridized carbons (Fsp3) is 0.167. The highest BCUT2D eigenvalue weighted by molar-refractivity contribution is 7.90. The molecule has 0 radical (unpaired) electrons. The van der Waals surface area contributed by atoms with Crippen LogP contribution in [0.5, 0.6) is 0 Å². The Morgan fingerprint density at radius 3 is 2.48 bits per heavy atom. The lowest BCUT2D eigenvalue weighted by atomic mass is 10.2. The van der Waals surface area contributed by atoms with Gasteiger partial charge in [-0.3, -0.25) is 4.79 Å². The Labute approximate surface area is 161 Å². The van der Waals surface area contributed by atoms with Crippen molar-refractivity contribution in [2.45, 2.75) is 17.4 Å². The quantitative estimate of drug-likeness (QED) is 0.648. The summed E-state index contributed by atoms with van der Waals surface area (Å²) >= 11 is 5.97. The molecule has 3 aromatic rings. The maximum absolute atomic E-state index is 12.3. The summed E-state index contributed by atoms with van der Waals surface area (Å²) in [7, 11) is -3.73. The molecule has 0 aliphatic carbocycles. The Balaban J connectivity index is 1.58. The first-order valence-corrected chi connectivity index (χ1v) is 10.1. The first kappa shape index (κ1) is 19.1. The highest BCUT2D eigenvalue weighted by Gasteiger charge is 2.23. The molecule has 1 aromatic heterocycles. The van der Waals surface area contributed by atoms with Gasteiger partial charge in [0.2, 0.25) is 15.7 Å². The van der Waals surface area contributed by atoms with Crippen molar-refractivity contribution in [2.75, 3.05) is 6.54 Å². The molecule has 140 valence electrons. The molecule has 0 saturated carbocycles. The first-order valence-electron chi connectivity index (χ1n) is 8.07. The molecule has 0 fully saturated rings. The van der Waals surface area contributed by atoms with E-state index < -0.39 is 15.1 Å². The second kappa shape index (κ2) is 8.32. The van der Waals surface area contributed by atoms with Gasteiger partial charge in [-0.25, -0.2) is 8.42 Å². The smallest absolute Gasteiger partial charge is 0.335 e. The van der Waals surface area contributed by atoms with Crippen LogP contribution in [0.3, 0.4) is 0 Å². The third-order valence-corrected chi connectivity index (χ3v) is 5.40. The van der Waals surface area contributed by atoms with Crippen LogP contribution in [0.15, 0.2) is 64.2 Å². The Kier molecular flexibility index (Phi) is 5.88. The van der Waals surface area contributed by atoms with E-state index in [0.29, 0.717) is 16.1 Å². The maximum atomic E-state index is 12.3. The van der Waals surface area contributed by atoms with Crippen molar-refractivity contribution in [2.24, 2.45) is 0 Å². The van der Waals surface area contributed by atoms with Crippen LogP contribution in [0.2, 0.25) is 5.02 Å². The van der Waals surface area contributed by atoms with Crippen LogP contribution >= 0.6 is 11.6 Å². The summed E-state index contributed by atoms with van der Waals surface area (Å²) in [5, 5.41) is 9.95. The Morgan fingerprint density at radius 2 is 1.74 bits per heavy atom. The lowest BCUT2D eigenvalue weighted by molar-refractivity contribution is 0.0953. The number of hydrogen-bond donors (Lipinski definition) is 1. The standard InChI is InChI=1S/C18H16ClN3O4S/c19-15-9-5-4-8-14(15)17(23)20-11-10-16-21-22-18(26-16)27(24,25)12-13-6-2-1-3-7-13/h1-9H,10-12H2,(H,20,23). The molecule has 0 aliphatic rings. The number of nitrogens with zero attached hydrogens (tertiary/aromatic N) is 2. The lowest BCUT2D eigenvalue weighted by Gasteiger charge is -2.05. The molecule has 1 amide bonds. The summed E-state index contributed by atoms with van der Waals surface area (Å²) in [6, 6.07) is 15.4. The van der Waals surface area contributed by atoms with E-state index in [4.69, 9.17) is 16.0 Å². The Morgan fingerprint density at radius 1 is 1.04 bits per heavy atom. The van der Waals surface area contributed by atoms with Crippen molar-refractivity contribution in [3.05, 3.63) is 76.6 Å². The van der Waals surface area contributed by atoms with Gasteiger partial charge in [0.25, 0.3) is 5.91 Å². The van der Waals surface area contributed by atoms with E-state index >= 15 is 0 Å². The molecule has 0 bridgehead atoms. The predicted molar refractivity (Wildman–Crippen MR) is 99.1 cm³/mol. The predicted octanol–water partition coefficient (Wildman–Crippen LogP) is 2.67. The minimum absolute atomic E-state index is 0.126. The van der Waals surface area contributed by atoms with E-state index in [9.17, 15) is 13.2 Å². The number of carbonyl (C=O) groups is 1. The number of benzene rings is 2. The van der Waals surface area contributed by atoms with Crippen molar-refractivity contribution in [1.29, 1.82) is 0 Å². The van der Waals surface area contributed by atoms with Gasteiger partial charge >= 0.3 is 5.22 Å². The summed E-state index contributed by atoms with van der Waals surface area (Å²) < 4.78 is 29.9. The number of aromatic nitrogens is 2. The number of carbonyl (C=O) groups excluding carboxylic acids is 1. The zero-order chi connectivity index (χ0) is 19.3. The minimum atomic E-state index is -3.73. The fourth-order valence-electron chi connectivity index (χ4n) is 2.34. The van der Waals surface area contributed by atoms with Crippen molar-refractivity contribution in [3.8, 4) is 0 Å². The molecular formula is C18H16ClN3O4S. The van der Waals surface area contributed by atoms with E-state index in [1.54, 1.807) is 54.6 Å². The highest BCUT2D eigenvalue weighted by atomic mass is 35.5. The molecule has 9 heteroatoms. The van der Waals surface area contributed by atoms with Gasteiger partial charge in [-0.1, -0.05) is 59.2 Å². The van der Waals surface area contributed by atoms with Crippen LogP contribution in [0.4, 0.5) is 0 Å². The summed E-state index contributed by atoms with van der Waals surface area (Å²) in [6.07, 6.45) is 0.198. The monoisotopic (exact) mass is 405 g/mol. The number of nitrogens with one attached hydrogen (secondary N) is 1. The summed E-state index contributed by atoms with van der Waals surface area (Å²) in [4.78, 5) is 12.1. The van der Waals surface area contributed by atoms with E-state index in [1.165, 1.54) is 0 Å². The first-order chi connectivity index (χ1) is 13.0. The van der Waals surface area contributed by atoms with Crippen molar-refractivity contribution >= 4 is 27.3 Å². The van der Waals surface area contributed by atoms with E-state index in [1.807, 2.05) is 0 Å². The molecule has 2 aromatic carbocycles. The maximum Gasteiger partial charge on any atom is 0.335 e. The second-order valence-corrected chi connectivity index (χ2v) is 7.97. The van der Waals surface area contributed by atoms with Crippen LogP contribution in [0, 0.1) is 0 Å². The van der Waals surface area contributed by atoms with Crippen LogP contribution in [-0.2, 0) is 22.0 Å². The summed E-state index contributed by atoms with van der Waals surface area (Å²) in [6.45, 7) is 0.199. The fourth-order valence-corrected chi connectivity index (χ4v) is 3.71. The van der Waals surface area contributed by atoms with Crippen molar-refractivity contribution < 1.29 is 17.6 Å².